The van der Waals surface area contributed by atoms with Crippen LogP contribution in [0.15, 0.2) is 24.0 Å². The molecule has 0 spiro atoms. The standard InChI is InChI=1S/C8H13N3O.ClH/c9-3-6-11-4-1-8(2-5-11)10-7-12;/h1-2,4,7H,3,5-6,9H2,(H,10,12);1H. The summed E-state index contributed by atoms with van der Waals surface area (Å²) in [6, 6.07) is 0. The summed E-state index contributed by atoms with van der Waals surface area (Å²) in [4.78, 5) is 12.1. The molecular weight excluding hydrogens is 190 g/mol. The lowest BCUT2D eigenvalue weighted by Gasteiger charge is -2.21. The zero-order valence-corrected chi connectivity index (χ0v) is 8.09. The van der Waals surface area contributed by atoms with Gasteiger partial charge in [0.2, 0.25) is 6.41 Å². The van der Waals surface area contributed by atoms with E-state index in [-0.39, 0.29) is 12.4 Å². The average Bonchev–Trinajstić information content (AvgIpc) is 2.09. The molecule has 1 aliphatic rings. The average molecular weight is 204 g/mol. The van der Waals surface area contributed by atoms with Crippen LogP contribution in [0.2, 0.25) is 0 Å². The normalized spacial score (nSPS) is 14.5. The fraction of sp³-hybridized carbons (Fsp3) is 0.375. The van der Waals surface area contributed by atoms with Gasteiger partial charge < -0.3 is 16.0 Å². The van der Waals surface area contributed by atoms with E-state index < -0.39 is 0 Å². The predicted octanol–water partition coefficient (Wildman–Crippen LogP) is -0.174. The molecule has 4 nitrogen and oxygen atoms in total. The van der Waals surface area contributed by atoms with Crippen LogP contribution in [-0.4, -0.2) is 30.9 Å². The van der Waals surface area contributed by atoms with Gasteiger partial charge in [-0.25, -0.2) is 0 Å². The maximum atomic E-state index is 10.1. The SMILES string of the molecule is Cl.NCCN1C=CC(NC=O)=CC1. The molecule has 13 heavy (non-hydrogen) atoms. The highest BCUT2D eigenvalue weighted by atomic mass is 35.5. The number of nitrogens with one attached hydrogen (secondary N) is 1. The molecule has 0 radical (unpaired) electrons. The van der Waals surface area contributed by atoms with Crippen LogP contribution in [0.25, 0.3) is 0 Å². The van der Waals surface area contributed by atoms with Crippen molar-refractivity contribution in [1.29, 1.82) is 0 Å². The van der Waals surface area contributed by atoms with Gasteiger partial charge in [0.15, 0.2) is 0 Å². The lowest BCUT2D eigenvalue weighted by molar-refractivity contribution is -0.108. The first-order valence-corrected chi connectivity index (χ1v) is 3.89. The highest BCUT2D eigenvalue weighted by Gasteiger charge is 2.01. The molecule has 0 saturated carbocycles. The monoisotopic (exact) mass is 203 g/mol. The van der Waals surface area contributed by atoms with Crippen LogP contribution in [0.5, 0.6) is 0 Å². The van der Waals surface area contributed by atoms with Crippen LogP contribution in [0.3, 0.4) is 0 Å². The summed E-state index contributed by atoms with van der Waals surface area (Å²) in [5, 5.41) is 2.58. The van der Waals surface area contributed by atoms with Gasteiger partial charge in [-0.2, -0.15) is 0 Å². The topological polar surface area (TPSA) is 58.4 Å². The van der Waals surface area contributed by atoms with Crippen LogP contribution >= 0.6 is 12.4 Å². The third kappa shape index (κ3) is 3.96. The number of amides is 1. The Morgan fingerprint density at radius 3 is 2.92 bits per heavy atom. The molecule has 0 saturated heterocycles. The highest BCUT2D eigenvalue weighted by Crippen LogP contribution is 2.02. The molecule has 1 heterocycles. The van der Waals surface area contributed by atoms with Crippen molar-refractivity contribution in [3.05, 3.63) is 24.0 Å². The summed E-state index contributed by atoms with van der Waals surface area (Å²) >= 11 is 0. The summed E-state index contributed by atoms with van der Waals surface area (Å²) in [5.74, 6) is 0. The van der Waals surface area contributed by atoms with E-state index in [1.54, 1.807) is 0 Å². The van der Waals surface area contributed by atoms with Crippen molar-refractivity contribution in [2.75, 3.05) is 19.6 Å². The minimum atomic E-state index is 0. The first-order valence-electron chi connectivity index (χ1n) is 3.89. The van der Waals surface area contributed by atoms with Crippen LogP contribution in [0, 0.1) is 0 Å². The number of carbonyl (C=O) groups excluding carboxylic acids is 1. The Kier molecular flexibility index (Phi) is 6.01. The van der Waals surface area contributed by atoms with E-state index in [1.165, 1.54) is 0 Å². The maximum absolute atomic E-state index is 10.1. The molecule has 3 N–H and O–H groups in total. The van der Waals surface area contributed by atoms with E-state index >= 15 is 0 Å². The number of hydrogen-bond acceptors (Lipinski definition) is 3. The van der Waals surface area contributed by atoms with Gasteiger partial charge in [-0.1, -0.05) is 0 Å². The molecule has 0 unspecified atom stereocenters. The summed E-state index contributed by atoms with van der Waals surface area (Å²) in [6.07, 6.45) is 6.41. The molecule has 0 atom stereocenters. The van der Waals surface area contributed by atoms with Gasteiger partial charge in [0.1, 0.15) is 0 Å². The third-order valence-electron chi connectivity index (χ3n) is 1.65. The fourth-order valence-electron chi connectivity index (χ4n) is 1.04. The van der Waals surface area contributed by atoms with Crippen molar-refractivity contribution in [3.8, 4) is 0 Å². The Morgan fingerprint density at radius 1 is 1.69 bits per heavy atom. The molecular formula is C8H14ClN3O. The smallest absolute Gasteiger partial charge is 0.211 e. The Balaban J connectivity index is 0.00000144. The minimum absolute atomic E-state index is 0. The minimum Gasteiger partial charge on any atom is -0.372 e. The molecule has 74 valence electrons. The molecule has 1 aliphatic heterocycles. The van der Waals surface area contributed by atoms with Crippen molar-refractivity contribution in [3.63, 3.8) is 0 Å². The van der Waals surface area contributed by atoms with E-state index in [1.807, 2.05) is 18.4 Å². The van der Waals surface area contributed by atoms with Gasteiger partial charge in [0.25, 0.3) is 0 Å². The van der Waals surface area contributed by atoms with E-state index in [9.17, 15) is 4.79 Å². The van der Waals surface area contributed by atoms with E-state index in [2.05, 4.69) is 10.2 Å². The van der Waals surface area contributed by atoms with Crippen LogP contribution in [0.1, 0.15) is 0 Å². The van der Waals surface area contributed by atoms with Gasteiger partial charge in [-0.15, -0.1) is 12.4 Å². The fourth-order valence-corrected chi connectivity index (χ4v) is 1.04. The van der Waals surface area contributed by atoms with E-state index in [0.29, 0.717) is 13.0 Å². The van der Waals surface area contributed by atoms with Crippen LogP contribution < -0.4 is 11.1 Å². The van der Waals surface area contributed by atoms with Gasteiger partial charge in [0.05, 0.1) is 0 Å². The quantitative estimate of drug-likeness (QED) is 0.624. The van der Waals surface area contributed by atoms with Crippen molar-refractivity contribution < 1.29 is 4.79 Å². The van der Waals surface area contributed by atoms with Gasteiger partial charge in [-0.3, -0.25) is 4.79 Å². The van der Waals surface area contributed by atoms with Crippen molar-refractivity contribution in [1.82, 2.24) is 10.2 Å². The number of carbonyl (C=O) groups is 1. The summed E-state index contributed by atoms with van der Waals surface area (Å²) in [7, 11) is 0. The lowest BCUT2D eigenvalue weighted by atomic mass is 10.3. The highest BCUT2D eigenvalue weighted by molar-refractivity contribution is 5.85. The number of halogens is 1. The predicted molar refractivity (Wildman–Crippen MR) is 54.3 cm³/mol. The first-order chi connectivity index (χ1) is 5.86. The Morgan fingerprint density at radius 2 is 2.46 bits per heavy atom. The zero-order valence-electron chi connectivity index (χ0n) is 7.27. The summed E-state index contributed by atoms with van der Waals surface area (Å²) in [6.45, 7) is 2.31. The second-order valence-electron chi connectivity index (χ2n) is 2.52. The number of rotatable bonds is 4. The molecule has 0 fully saturated rings. The van der Waals surface area contributed by atoms with E-state index in [0.717, 1.165) is 18.8 Å². The van der Waals surface area contributed by atoms with Crippen LogP contribution in [-0.2, 0) is 4.79 Å². The van der Waals surface area contributed by atoms with E-state index in [4.69, 9.17) is 5.73 Å². The molecule has 0 aromatic heterocycles. The Hall–Kier alpha value is -1.00. The Bertz CT molecular complexity index is 215. The number of hydrogen-bond donors (Lipinski definition) is 2. The molecule has 0 aromatic carbocycles. The van der Waals surface area contributed by atoms with Gasteiger partial charge in [-0.05, 0) is 12.2 Å². The molecule has 0 aliphatic carbocycles. The second-order valence-corrected chi connectivity index (χ2v) is 2.52. The molecule has 1 amide bonds. The molecule has 0 bridgehead atoms. The van der Waals surface area contributed by atoms with Crippen molar-refractivity contribution >= 4 is 18.8 Å². The second kappa shape index (κ2) is 6.51. The number of nitrogens with zero attached hydrogens (tertiary/aromatic N) is 1. The molecule has 5 heteroatoms. The largest absolute Gasteiger partial charge is 0.372 e. The third-order valence-corrected chi connectivity index (χ3v) is 1.65. The van der Waals surface area contributed by atoms with Gasteiger partial charge >= 0.3 is 0 Å². The van der Waals surface area contributed by atoms with Crippen molar-refractivity contribution in [2.24, 2.45) is 5.73 Å². The lowest BCUT2D eigenvalue weighted by Crippen LogP contribution is -2.27. The van der Waals surface area contributed by atoms with Gasteiger partial charge in [0, 0.05) is 31.5 Å². The maximum Gasteiger partial charge on any atom is 0.211 e. The molecule has 1 rings (SSSR count). The van der Waals surface area contributed by atoms with Crippen molar-refractivity contribution in [2.45, 2.75) is 0 Å². The van der Waals surface area contributed by atoms with Crippen LogP contribution in [0.4, 0.5) is 0 Å². The first kappa shape index (κ1) is 12.0. The Labute approximate surface area is 83.9 Å². The zero-order chi connectivity index (χ0) is 8.81. The summed E-state index contributed by atoms with van der Waals surface area (Å²) < 4.78 is 0. The number of nitrogens with two attached hydrogens (primary N) is 1. The summed E-state index contributed by atoms with van der Waals surface area (Å²) in [5.41, 5.74) is 6.23. The number of allylic oxidation sites excluding steroid dienone is 1. The molecule has 0 aromatic rings.